The van der Waals surface area contributed by atoms with E-state index in [1.807, 2.05) is 0 Å². The van der Waals surface area contributed by atoms with E-state index in [4.69, 9.17) is 0 Å². The van der Waals surface area contributed by atoms with Gasteiger partial charge in [0.15, 0.2) is 0 Å². The summed E-state index contributed by atoms with van der Waals surface area (Å²) in [4.78, 5) is 0. The summed E-state index contributed by atoms with van der Waals surface area (Å²) in [5.74, 6) is 0. The van der Waals surface area contributed by atoms with Crippen molar-refractivity contribution in [2.24, 2.45) is 0 Å². The molecular formula is C6H5IS2. The van der Waals surface area contributed by atoms with Crippen molar-refractivity contribution in [2.75, 3.05) is 0 Å². The summed E-state index contributed by atoms with van der Waals surface area (Å²) in [5, 5.41) is 1.05. The van der Waals surface area contributed by atoms with Gasteiger partial charge >= 0.3 is 0 Å². The summed E-state index contributed by atoms with van der Waals surface area (Å²) in [6.07, 6.45) is 0. The number of halogens is 1. The molecule has 0 amide bonds. The van der Waals surface area contributed by atoms with Crippen LogP contribution in [0, 0.1) is 0 Å². The molecular weight excluding hydrogens is 263 g/mol. The SMILES string of the molecule is C=c1cc(SI)sc1=C. The lowest BCUT2D eigenvalue weighted by atomic mass is 10.5. The highest BCUT2D eigenvalue weighted by Crippen LogP contribution is 2.25. The van der Waals surface area contributed by atoms with Gasteiger partial charge in [0.25, 0.3) is 0 Å². The summed E-state index contributed by atoms with van der Waals surface area (Å²) < 4.78 is 2.36. The Bertz CT molecular complexity index is 261. The maximum atomic E-state index is 3.83. The maximum absolute atomic E-state index is 3.83. The molecule has 1 aromatic heterocycles. The molecule has 48 valence electrons. The highest BCUT2D eigenvalue weighted by molar-refractivity contribution is 14.2. The Morgan fingerprint density at radius 1 is 1.56 bits per heavy atom. The third-order valence-electron chi connectivity index (χ3n) is 0.950. The molecule has 0 aliphatic rings. The van der Waals surface area contributed by atoms with Crippen molar-refractivity contribution in [2.45, 2.75) is 4.21 Å². The quantitative estimate of drug-likeness (QED) is 0.702. The Labute approximate surface area is 74.3 Å². The number of rotatable bonds is 1. The molecule has 0 unspecified atom stereocenters. The maximum Gasteiger partial charge on any atom is 0.0714 e. The van der Waals surface area contributed by atoms with Crippen molar-refractivity contribution in [3.63, 3.8) is 0 Å². The largest absolute Gasteiger partial charge is 0.129 e. The van der Waals surface area contributed by atoms with Gasteiger partial charge in [-0.25, -0.2) is 0 Å². The van der Waals surface area contributed by atoms with E-state index in [1.165, 1.54) is 4.21 Å². The molecule has 1 heterocycles. The lowest BCUT2D eigenvalue weighted by Crippen LogP contribution is -2.11. The van der Waals surface area contributed by atoms with Crippen molar-refractivity contribution in [1.82, 2.24) is 0 Å². The second-order valence-electron chi connectivity index (χ2n) is 1.59. The Hall–Kier alpha value is 0.520. The molecule has 3 heteroatoms. The van der Waals surface area contributed by atoms with Crippen LogP contribution in [-0.4, -0.2) is 0 Å². The summed E-state index contributed by atoms with van der Waals surface area (Å²) in [7, 11) is 1.71. The van der Waals surface area contributed by atoms with Gasteiger partial charge in [-0.1, -0.05) is 13.2 Å². The van der Waals surface area contributed by atoms with Gasteiger partial charge in [0.1, 0.15) is 0 Å². The summed E-state index contributed by atoms with van der Waals surface area (Å²) in [5.41, 5.74) is 0. The molecule has 0 saturated carbocycles. The van der Waals surface area contributed by atoms with E-state index in [0.717, 1.165) is 9.75 Å². The first-order chi connectivity index (χ1) is 4.24. The molecule has 0 aliphatic heterocycles. The third-order valence-corrected chi connectivity index (χ3v) is 4.87. The van der Waals surface area contributed by atoms with E-state index >= 15 is 0 Å². The average Bonchev–Trinajstić information content (AvgIpc) is 2.13. The zero-order chi connectivity index (χ0) is 6.85. The zero-order valence-corrected chi connectivity index (χ0v) is 8.48. The van der Waals surface area contributed by atoms with Crippen molar-refractivity contribution in [3.8, 4) is 0 Å². The van der Waals surface area contributed by atoms with Crippen LogP contribution >= 0.6 is 41.5 Å². The molecule has 0 spiro atoms. The Morgan fingerprint density at radius 3 is 2.44 bits per heavy atom. The smallest absolute Gasteiger partial charge is 0.0714 e. The van der Waals surface area contributed by atoms with Crippen molar-refractivity contribution in [1.29, 1.82) is 0 Å². The van der Waals surface area contributed by atoms with Crippen LogP contribution in [0.2, 0.25) is 0 Å². The van der Waals surface area contributed by atoms with Crippen LogP contribution in [0.15, 0.2) is 10.3 Å². The Balaban J connectivity index is 3.29. The van der Waals surface area contributed by atoms with Gasteiger partial charge in [-0.2, -0.15) is 0 Å². The van der Waals surface area contributed by atoms with Crippen molar-refractivity contribution < 1.29 is 0 Å². The Kier molecular flexibility index (Phi) is 2.60. The van der Waals surface area contributed by atoms with Gasteiger partial charge in [-0.05, 0) is 20.2 Å². The monoisotopic (exact) mass is 268 g/mol. The van der Waals surface area contributed by atoms with Crippen LogP contribution in [0.4, 0.5) is 0 Å². The number of hydrogen-bond donors (Lipinski definition) is 0. The molecule has 0 N–H and O–H groups in total. The molecule has 0 aliphatic carbocycles. The molecule has 9 heavy (non-hydrogen) atoms. The zero-order valence-electron chi connectivity index (χ0n) is 4.69. The van der Waals surface area contributed by atoms with E-state index in [9.17, 15) is 0 Å². The molecule has 0 saturated heterocycles. The highest BCUT2D eigenvalue weighted by Gasteiger charge is 1.91. The lowest BCUT2D eigenvalue weighted by molar-refractivity contribution is 1.66. The summed E-state index contributed by atoms with van der Waals surface area (Å²) >= 11 is 3.95. The van der Waals surface area contributed by atoms with Crippen LogP contribution in [-0.2, 0) is 0 Å². The van der Waals surface area contributed by atoms with E-state index < -0.39 is 0 Å². The van der Waals surface area contributed by atoms with Gasteiger partial charge in [0.2, 0.25) is 0 Å². The minimum Gasteiger partial charge on any atom is -0.129 e. The van der Waals surface area contributed by atoms with Crippen LogP contribution in [0.25, 0.3) is 13.2 Å². The summed E-state index contributed by atoms with van der Waals surface area (Å²) in [6.45, 7) is 7.65. The third kappa shape index (κ3) is 1.72. The average molecular weight is 268 g/mol. The number of hydrogen-bond acceptors (Lipinski definition) is 2. The molecule has 0 radical (unpaired) electrons. The molecule has 0 nitrogen and oxygen atoms in total. The Morgan fingerprint density at radius 2 is 2.22 bits per heavy atom. The van der Waals surface area contributed by atoms with Crippen LogP contribution in [0.3, 0.4) is 0 Å². The van der Waals surface area contributed by atoms with Gasteiger partial charge in [-0.3, -0.25) is 0 Å². The van der Waals surface area contributed by atoms with Crippen molar-refractivity contribution in [3.05, 3.63) is 15.8 Å². The van der Waals surface area contributed by atoms with Crippen LogP contribution in [0.5, 0.6) is 0 Å². The van der Waals surface area contributed by atoms with Gasteiger partial charge in [0.05, 0.1) is 4.21 Å². The number of thiophene rings is 1. The standard InChI is InChI=1S/C6H5IS2/c1-4-3-6(9-7)8-5(4)2/h3H,1-2H2. The fraction of sp³-hybridized carbons (Fsp3) is 0. The normalized spacial score (nSPS) is 9.89. The molecule has 1 rings (SSSR count). The second kappa shape index (κ2) is 3.07. The molecule has 0 fully saturated rings. The van der Waals surface area contributed by atoms with Crippen LogP contribution < -0.4 is 9.75 Å². The second-order valence-corrected chi connectivity index (χ2v) is 4.90. The first-order valence-corrected chi connectivity index (χ1v) is 6.48. The van der Waals surface area contributed by atoms with E-state index in [1.54, 1.807) is 20.3 Å². The first kappa shape index (κ1) is 7.63. The fourth-order valence-electron chi connectivity index (χ4n) is 0.477. The minimum atomic E-state index is 1.05. The van der Waals surface area contributed by atoms with Crippen LogP contribution in [0.1, 0.15) is 0 Å². The minimum absolute atomic E-state index is 1.05. The van der Waals surface area contributed by atoms with Gasteiger partial charge in [0, 0.05) is 25.7 Å². The molecule has 1 aromatic rings. The van der Waals surface area contributed by atoms with E-state index in [-0.39, 0.29) is 0 Å². The van der Waals surface area contributed by atoms with Crippen molar-refractivity contribution >= 4 is 54.6 Å². The molecule has 0 aromatic carbocycles. The predicted molar refractivity (Wildman–Crippen MR) is 54.5 cm³/mol. The van der Waals surface area contributed by atoms with E-state index in [2.05, 4.69) is 40.4 Å². The predicted octanol–water partition coefficient (Wildman–Crippen LogP) is 2.01. The molecule has 0 atom stereocenters. The fourth-order valence-corrected chi connectivity index (χ4v) is 2.92. The van der Waals surface area contributed by atoms with E-state index in [0.29, 0.717) is 0 Å². The summed E-state index contributed by atoms with van der Waals surface area (Å²) in [6, 6.07) is 2.06. The molecule has 0 bridgehead atoms. The lowest BCUT2D eigenvalue weighted by Gasteiger charge is -1.76. The van der Waals surface area contributed by atoms with Gasteiger partial charge < -0.3 is 0 Å². The highest BCUT2D eigenvalue weighted by atomic mass is 127. The topological polar surface area (TPSA) is 0 Å². The first-order valence-electron chi connectivity index (χ1n) is 2.30. The van der Waals surface area contributed by atoms with Gasteiger partial charge in [-0.15, -0.1) is 11.3 Å².